The van der Waals surface area contributed by atoms with Gasteiger partial charge in [-0.1, -0.05) is 11.6 Å². The van der Waals surface area contributed by atoms with Gasteiger partial charge in [0, 0.05) is 23.7 Å². The summed E-state index contributed by atoms with van der Waals surface area (Å²) in [6.45, 7) is 0.826. The van der Waals surface area contributed by atoms with E-state index < -0.39 is 0 Å². The molecule has 2 aromatic rings. The Balaban J connectivity index is 2.15. The molecule has 94 valence electrons. The lowest BCUT2D eigenvalue weighted by Gasteiger charge is -2.00. The molecule has 0 unspecified atom stereocenters. The van der Waals surface area contributed by atoms with Crippen LogP contribution in [0.5, 0.6) is 0 Å². The third-order valence-corrected chi connectivity index (χ3v) is 2.64. The van der Waals surface area contributed by atoms with Crippen LogP contribution in [0.15, 0.2) is 40.8 Å². The van der Waals surface area contributed by atoms with Crippen molar-refractivity contribution >= 4 is 17.5 Å². The highest BCUT2D eigenvalue weighted by Crippen LogP contribution is 2.23. The van der Waals surface area contributed by atoms with Gasteiger partial charge < -0.3 is 15.5 Å². The van der Waals surface area contributed by atoms with Gasteiger partial charge in [-0.25, -0.2) is 0 Å². The van der Waals surface area contributed by atoms with Gasteiger partial charge in [0.05, 0.1) is 0 Å². The average molecular weight is 265 g/mol. The summed E-state index contributed by atoms with van der Waals surface area (Å²) in [4.78, 5) is 11.6. The predicted octanol–water partition coefficient (Wildman–Crippen LogP) is 2.29. The number of amides is 1. The van der Waals surface area contributed by atoms with Crippen molar-refractivity contribution < 1.29 is 9.21 Å². The first-order valence-corrected chi connectivity index (χ1v) is 5.92. The summed E-state index contributed by atoms with van der Waals surface area (Å²) in [5.41, 5.74) is 6.18. The van der Waals surface area contributed by atoms with Crippen LogP contribution in [0.2, 0.25) is 5.02 Å². The predicted molar refractivity (Wildman–Crippen MR) is 70.5 cm³/mol. The minimum Gasteiger partial charge on any atom is -0.451 e. The first-order valence-electron chi connectivity index (χ1n) is 5.55. The monoisotopic (exact) mass is 264 g/mol. The van der Waals surface area contributed by atoms with E-state index in [-0.39, 0.29) is 11.7 Å². The van der Waals surface area contributed by atoms with E-state index in [9.17, 15) is 4.79 Å². The lowest BCUT2D eigenvalue weighted by Crippen LogP contribution is -2.28. The highest BCUT2D eigenvalue weighted by Gasteiger charge is 2.11. The summed E-state index contributed by atoms with van der Waals surface area (Å²) in [6.07, 6.45) is 0. The second-order valence-corrected chi connectivity index (χ2v) is 4.15. The molecule has 0 fully saturated rings. The highest BCUT2D eigenvalue weighted by molar-refractivity contribution is 6.30. The van der Waals surface area contributed by atoms with Crippen molar-refractivity contribution in [3.63, 3.8) is 0 Å². The Morgan fingerprint density at radius 3 is 2.61 bits per heavy atom. The van der Waals surface area contributed by atoms with Gasteiger partial charge in [0.2, 0.25) is 0 Å². The van der Waals surface area contributed by atoms with E-state index in [2.05, 4.69) is 5.32 Å². The average Bonchev–Trinajstić information content (AvgIpc) is 2.86. The zero-order chi connectivity index (χ0) is 13.0. The van der Waals surface area contributed by atoms with Crippen LogP contribution in [0.25, 0.3) is 11.3 Å². The van der Waals surface area contributed by atoms with Crippen LogP contribution in [0.3, 0.4) is 0 Å². The molecule has 2 rings (SSSR count). The SMILES string of the molecule is NCCNC(=O)c1ccc(-c2ccc(Cl)cc2)o1. The Hall–Kier alpha value is -1.78. The molecular weight excluding hydrogens is 252 g/mol. The molecule has 0 saturated carbocycles. The summed E-state index contributed by atoms with van der Waals surface area (Å²) in [5.74, 6) is 0.638. The van der Waals surface area contributed by atoms with Crippen molar-refractivity contribution in [2.24, 2.45) is 5.73 Å². The highest BCUT2D eigenvalue weighted by atomic mass is 35.5. The van der Waals surface area contributed by atoms with Crippen molar-refractivity contribution in [3.05, 3.63) is 47.2 Å². The molecular formula is C13H13ClN2O2. The van der Waals surface area contributed by atoms with Crippen LogP contribution >= 0.6 is 11.6 Å². The third-order valence-electron chi connectivity index (χ3n) is 2.39. The smallest absolute Gasteiger partial charge is 0.287 e. The van der Waals surface area contributed by atoms with Crippen molar-refractivity contribution in [1.82, 2.24) is 5.32 Å². The van der Waals surface area contributed by atoms with Crippen molar-refractivity contribution in [2.75, 3.05) is 13.1 Å². The molecule has 1 amide bonds. The van der Waals surface area contributed by atoms with Gasteiger partial charge in [-0.05, 0) is 36.4 Å². The van der Waals surface area contributed by atoms with E-state index in [0.717, 1.165) is 5.56 Å². The Morgan fingerprint density at radius 2 is 1.94 bits per heavy atom. The van der Waals surface area contributed by atoms with Gasteiger partial charge >= 0.3 is 0 Å². The minimum atomic E-state index is -0.263. The maximum absolute atomic E-state index is 11.6. The zero-order valence-electron chi connectivity index (χ0n) is 9.65. The Kier molecular flexibility index (Phi) is 4.02. The molecule has 0 saturated heterocycles. The second kappa shape index (κ2) is 5.71. The molecule has 5 heteroatoms. The van der Waals surface area contributed by atoms with Crippen molar-refractivity contribution in [3.8, 4) is 11.3 Å². The largest absolute Gasteiger partial charge is 0.451 e. The first-order chi connectivity index (χ1) is 8.70. The maximum atomic E-state index is 11.6. The van der Waals surface area contributed by atoms with Gasteiger partial charge in [0.25, 0.3) is 5.91 Å². The molecule has 0 aliphatic rings. The number of nitrogens with one attached hydrogen (secondary N) is 1. The second-order valence-electron chi connectivity index (χ2n) is 3.72. The van der Waals surface area contributed by atoms with Crippen LogP contribution in [0, 0.1) is 0 Å². The van der Waals surface area contributed by atoms with E-state index in [1.165, 1.54) is 0 Å². The molecule has 1 aromatic heterocycles. The van der Waals surface area contributed by atoms with Gasteiger partial charge in [0.15, 0.2) is 5.76 Å². The van der Waals surface area contributed by atoms with E-state index in [1.54, 1.807) is 24.3 Å². The Bertz CT molecular complexity index is 534. The summed E-state index contributed by atoms with van der Waals surface area (Å²) >= 11 is 5.81. The number of hydrogen-bond donors (Lipinski definition) is 2. The Labute approximate surface area is 110 Å². The van der Waals surface area contributed by atoms with E-state index in [4.69, 9.17) is 21.8 Å². The fourth-order valence-electron chi connectivity index (χ4n) is 1.50. The number of benzene rings is 1. The molecule has 1 heterocycles. The number of carbonyl (C=O) groups excluding carboxylic acids is 1. The summed E-state index contributed by atoms with van der Waals surface area (Å²) in [6, 6.07) is 10.6. The van der Waals surface area contributed by atoms with Crippen LogP contribution in [-0.4, -0.2) is 19.0 Å². The molecule has 0 radical (unpaired) electrons. The number of furan rings is 1. The number of rotatable bonds is 4. The summed E-state index contributed by atoms with van der Waals surface area (Å²) < 4.78 is 5.47. The Morgan fingerprint density at radius 1 is 1.22 bits per heavy atom. The molecule has 18 heavy (non-hydrogen) atoms. The standard InChI is InChI=1S/C13H13ClN2O2/c14-10-3-1-9(2-4-10)11-5-6-12(18-11)13(17)16-8-7-15/h1-6H,7-8,15H2,(H,16,17). The zero-order valence-corrected chi connectivity index (χ0v) is 10.4. The molecule has 0 aliphatic carbocycles. The lowest BCUT2D eigenvalue weighted by atomic mass is 10.2. The number of carbonyl (C=O) groups is 1. The van der Waals surface area contributed by atoms with Crippen LogP contribution in [0.1, 0.15) is 10.6 Å². The summed E-state index contributed by atoms with van der Waals surface area (Å²) in [7, 11) is 0. The molecule has 1 aromatic carbocycles. The summed E-state index contributed by atoms with van der Waals surface area (Å²) in [5, 5.41) is 3.30. The van der Waals surface area contributed by atoms with E-state index >= 15 is 0 Å². The third kappa shape index (κ3) is 2.91. The fraction of sp³-hybridized carbons (Fsp3) is 0.154. The normalized spacial score (nSPS) is 10.3. The maximum Gasteiger partial charge on any atom is 0.287 e. The first kappa shape index (κ1) is 12.7. The van der Waals surface area contributed by atoms with E-state index in [0.29, 0.717) is 23.9 Å². The lowest BCUT2D eigenvalue weighted by molar-refractivity contribution is 0.0928. The van der Waals surface area contributed by atoms with Crippen LogP contribution in [-0.2, 0) is 0 Å². The quantitative estimate of drug-likeness (QED) is 0.890. The van der Waals surface area contributed by atoms with Crippen LogP contribution in [0.4, 0.5) is 0 Å². The van der Waals surface area contributed by atoms with Gasteiger partial charge in [0.1, 0.15) is 5.76 Å². The topological polar surface area (TPSA) is 68.3 Å². The van der Waals surface area contributed by atoms with Gasteiger partial charge in [-0.3, -0.25) is 4.79 Å². The van der Waals surface area contributed by atoms with Gasteiger partial charge in [-0.2, -0.15) is 0 Å². The van der Waals surface area contributed by atoms with Gasteiger partial charge in [-0.15, -0.1) is 0 Å². The van der Waals surface area contributed by atoms with E-state index in [1.807, 2.05) is 12.1 Å². The fourth-order valence-corrected chi connectivity index (χ4v) is 1.63. The minimum absolute atomic E-state index is 0.263. The molecule has 0 spiro atoms. The molecule has 3 N–H and O–H groups in total. The number of hydrogen-bond acceptors (Lipinski definition) is 3. The van der Waals surface area contributed by atoms with Crippen molar-refractivity contribution in [2.45, 2.75) is 0 Å². The van der Waals surface area contributed by atoms with Crippen molar-refractivity contribution in [1.29, 1.82) is 0 Å². The molecule has 0 bridgehead atoms. The molecule has 0 atom stereocenters. The number of halogens is 1. The molecule has 4 nitrogen and oxygen atoms in total. The van der Waals surface area contributed by atoms with Crippen LogP contribution < -0.4 is 11.1 Å². The molecule has 0 aliphatic heterocycles. The number of nitrogens with two attached hydrogens (primary N) is 1.